The number of rotatable bonds is 3. The average molecular weight is 448 g/mol. The normalized spacial score (nSPS) is 25.3. The quantitative estimate of drug-likeness (QED) is 0.703. The topological polar surface area (TPSA) is 102 Å². The van der Waals surface area contributed by atoms with E-state index in [9.17, 15) is 19.5 Å². The van der Waals surface area contributed by atoms with Gasteiger partial charge in [0.05, 0.1) is 17.6 Å². The van der Waals surface area contributed by atoms with E-state index in [-0.39, 0.29) is 23.8 Å². The highest BCUT2D eigenvalue weighted by atomic mass is 79.9. The Labute approximate surface area is 168 Å². The van der Waals surface area contributed by atoms with Crippen molar-refractivity contribution in [3.8, 4) is 0 Å². The molecule has 4 atom stereocenters. The van der Waals surface area contributed by atoms with Crippen LogP contribution in [-0.2, 0) is 16.1 Å². The lowest BCUT2D eigenvalue weighted by Gasteiger charge is -2.29. The number of aromatic nitrogens is 2. The second-order valence-corrected chi connectivity index (χ2v) is 7.73. The molecule has 0 bridgehead atoms. The van der Waals surface area contributed by atoms with Crippen molar-refractivity contribution in [2.75, 3.05) is 13.7 Å². The number of methoxy groups -OCH3 is 1. The van der Waals surface area contributed by atoms with Gasteiger partial charge in [-0.05, 0) is 40.2 Å². The van der Waals surface area contributed by atoms with Gasteiger partial charge in [-0.1, -0.05) is 6.07 Å². The molecule has 0 radical (unpaired) electrons. The number of halogens is 1. The zero-order valence-electron chi connectivity index (χ0n) is 15.0. The minimum atomic E-state index is -0.952. The summed E-state index contributed by atoms with van der Waals surface area (Å²) in [6.45, 7) is -0.000166. The van der Waals surface area contributed by atoms with E-state index in [1.807, 2.05) is 0 Å². The SMILES string of the molecule is COC(=O)[C@H]1[C@H](CO)[C@H]2Cn3c(ccc(Br)c3=O)[C@H]2N1C(=O)c1ccccn1. The van der Waals surface area contributed by atoms with Gasteiger partial charge in [0.15, 0.2) is 0 Å². The fraction of sp³-hybridized carbons (Fsp3) is 0.368. The molecule has 1 amide bonds. The molecule has 28 heavy (non-hydrogen) atoms. The molecule has 0 aromatic carbocycles. The molecule has 2 aliphatic rings. The van der Waals surface area contributed by atoms with Gasteiger partial charge in [0.25, 0.3) is 11.5 Å². The summed E-state index contributed by atoms with van der Waals surface area (Å²) in [6, 6.07) is 6.88. The maximum atomic E-state index is 13.3. The van der Waals surface area contributed by atoms with Gasteiger partial charge >= 0.3 is 5.97 Å². The molecule has 8 nitrogen and oxygen atoms in total. The number of nitrogens with zero attached hydrogens (tertiary/aromatic N) is 3. The van der Waals surface area contributed by atoms with Crippen LogP contribution in [0.5, 0.6) is 0 Å². The summed E-state index contributed by atoms with van der Waals surface area (Å²) >= 11 is 3.24. The molecule has 0 aliphatic carbocycles. The fourth-order valence-corrected chi connectivity index (χ4v) is 4.74. The molecular formula is C19H18BrN3O5. The molecule has 4 heterocycles. The zero-order chi connectivity index (χ0) is 20.0. The first kappa shape index (κ1) is 18.8. The van der Waals surface area contributed by atoms with Gasteiger partial charge in [-0.15, -0.1) is 0 Å². The van der Waals surface area contributed by atoms with E-state index < -0.39 is 29.9 Å². The highest BCUT2D eigenvalue weighted by Gasteiger charge is 2.58. The lowest BCUT2D eigenvalue weighted by Crippen LogP contribution is -2.46. The Bertz CT molecular complexity index is 993. The van der Waals surface area contributed by atoms with Gasteiger partial charge in [0, 0.05) is 36.9 Å². The number of carbonyl (C=O) groups excluding carboxylic acids is 2. The number of fused-ring (bicyclic) bond motifs is 3. The minimum absolute atomic E-state index is 0.187. The Balaban J connectivity index is 1.88. The van der Waals surface area contributed by atoms with E-state index in [4.69, 9.17) is 4.74 Å². The van der Waals surface area contributed by atoms with E-state index in [2.05, 4.69) is 20.9 Å². The van der Waals surface area contributed by atoms with Gasteiger partial charge in [-0.3, -0.25) is 14.6 Å². The van der Waals surface area contributed by atoms with Gasteiger partial charge in [0.1, 0.15) is 11.7 Å². The monoisotopic (exact) mass is 447 g/mol. The molecule has 0 unspecified atom stereocenters. The summed E-state index contributed by atoms with van der Waals surface area (Å²) in [5, 5.41) is 10.0. The molecular weight excluding hydrogens is 430 g/mol. The maximum Gasteiger partial charge on any atom is 0.329 e. The Kier molecular flexibility index (Phi) is 4.80. The molecule has 1 N–H and O–H groups in total. The number of hydrogen-bond donors (Lipinski definition) is 1. The second-order valence-electron chi connectivity index (χ2n) is 6.87. The number of esters is 1. The third kappa shape index (κ3) is 2.68. The molecule has 4 rings (SSSR count). The summed E-state index contributed by atoms with van der Waals surface area (Å²) < 4.78 is 6.95. The van der Waals surface area contributed by atoms with Crippen molar-refractivity contribution in [3.63, 3.8) is 0 Å². The first-order valence-corrected chi connectivity index (χ1v) is 9.60. The van der Waals surface area contributed by atoms with Gasteiger partial charge < -0.3 is 19.3 Å². The summed E-state index contributed by atoms with van der Waals surface area (Å²) in [6.07, 6.45) is 1.50. The van der Waals surface area contributed by atoms with Crippen LogP contribution in [0.4, 0.5) is 0 Å². The Morgan fingerprint density at radius 3 is 2.75 bits per heavy atom. The van der Waals surface area contributed by atoms with Gasteiger partial charge in [-0.25, -0.2) is 4.79 Å². The van der Waals surface area contributed by atoms with Crippen molar-refractivity contribution in [2.45, 2.75) is 18.6 Å². The lowest BCUT2D eigenvalue weighted by atomic mass is 9.88. The molecule has 2 aliphatic heterocycles. The average Bonchev–Trinajstić information content (AvgIpc) is 3.25. The van der Waals surface area contributed by atoms with Crippen molar-refractivity contribution < 1.29 is 19.4 Å². The summed E-state index contributed by atoms with van der Waals surface area (Å²) in [4.78, 5) is 44.0. The van der Waals surface area contributed by atoms with Crippen LogP contribution in [0.15, 0.2) is 45.8 Å². The Morgan fingerprint density at radius 1 is 1.32 bits per heavy atom. The van der Waals surface area contributed by atoms with Crippen LogP contribution >= 0.6 is 15.9 Å². The molecule has 2 aromatic heterocycles. The Hall–Kier alpha value is -2.52. The smallest absolute Gasteiger partial charge is 0.329 e. The number of hydrogen-bond acceptors (Lipinski definition) is 6. The largest absolute Gasteiger partial charge is 0.467 e. The second kappa shape index (κ2) is 7.14. The molecule has 146 valence electrons. The highest BCUT2D eigenvalue weighted by Crippen LogP contribution is 2.49. The van der Waals surface area contributed by atoms with Gasteiger partial charge in [-0.2, -0.15) is 0 Å². The third-order valence-corrected chi connectivity index (χ3v) is 6.19. The van der Waals surface area contributed by atoms with Crippen LogP contribution in [0.2, 0.25) is 0 Å². The first-order chi connectivity index (χ1) is 13.5. The predicted octanol–water partition coefficient (Wildman–Crippen LogP) is 0.983. The molecule has 9 heteroatoms. The van der Waals surface area contributed by atoms with Crippen molar-refractivity contribution in [1.82, 2.24) is 14.5 Å². The number of ether oxygens (including phenoxy) is 1. The van der Waals surface area contributed by atoms with Gasteiger partial charge in [0.2, 0.25) is 0 Å². The van der Waals surface area contributed by atoms with Crippen LogP contribution in [0.1, 0.15) is 22.2 Å². The summed E-state index contributed by atoms with van der Waals surface area (Å²) in [5.74, 6) is -1.87. The predicted molar refractivity (Wildman–Crippen MR) is 101 cm³/mol. The van der Waals surface area contributed by atoms with E-state index in [0.29, 0.717) is 16.7 Å². The van der Waals surface area contributed by atoms with Crippen LogP contribution in [-0.4, -0.2) is 51.2 Å². The van der Waals surface area contributed by atoms with E-state index in [1.54, 1.807) is 34.9 Å². The number of pyridine rings is 2. The van der Waals surface area contributed by atoms with E-state index in [0.717, 1.165) is 0 Å². The maximum absolute atomic E-state index is 13.3. The summed E-state index contributed by atoms with van der Waals surface area (Å²) in [5.41, 5.74) is 0.613. The van der Waals surface area contributed by atoms with E-state index in [1.165, 1.54) is 18.2 Å². The first-order valence-electron chi connectivity index (χ1n) is 8.81. The van der Waals surface area contributed by atoms with Crippen molar-refractivity contribution in [3.05, 3.63) is 62.7 Å². The standard InChI is InChI=1S/C19H18BrN3O5/c1-28-19(27)16-11(9-24)10-8-22-14(6-5-12(20)17(22)25)15(10)23(16)18(26)13-4-2-3-7-21-13/h2-7,10-11,15-16,24H,8-9H2,1H3/t10-,11-,15+,16-/m1/s1. The number of amides is 1. The van der Waals surface area contributed by atoms with Crippen LogP contribution in [0, 0.1) is 11.8 Å². The molecule has 2 aromatic rings. The zero-order valence-corrected chi connectivity index (χ0v) is 16.6. The molecule has 0 spiro atoms. The molecule has 1 saturated heterocycles. The number of likely N-dealkylation sites (tertiary alicyclic amines) is 1. The summed E-state index contributed by atoms with van der Waals surface area (Å²) in [7, 11) is 1.25. The number of aliphatic hydroxyl groups is 1. The number of aliphatic hydroxyl groups excluding tert-OH is 1. The molecule has 1 fully saturated rings. The highest BCUT2D eigenvalue weighted by molar-refractivity contribution is 9.10. The third-order valence-electron chi connectivity index (χ3n) is 5.59. The van der Waals surface area contributed by atoms with Crippen molar-refractivity contribution in [2.24, 2.45) is 11.8 Å². The molecule has 0 saturated carbocycles. The van der Waals surface area contributed by atoms with Crippen LogP contribution in [0.3, 0.4) is 0 Å². The fourth-order valence-electron chi connectivity index (χ4n) is 4.39. The van der Waals surface area contributed by atoms with Crippen LogP contribution < -0.4 is 5.56 Å². The minimum Gasteiger partial charge on any atom is -0.467 e. The number of carbonyl (C=O) groups is 2. The van der Waals surface area contributed by atoms with Crippen molar-refractivity contribution in [1.29, 1.82) is 0 Å². The lowest BCUT2D eigenvalue weighted by molar-refractivity contribution is -0.147. The van der Waals surface area contributed by atoms with Crippen molar-refractivity contribution >= 4 is 27.8 Å². The van der Waals surface area contributed by atoms with Crippen LogP contribution in [0.25, 0.3) is 0 Å². The Morgan fingerprint density at radius 2 is 2.11 bits per heavy atom. The van der Waals surface area contributed by atoms with E-state index >= 15 is 0 Å².